The minimum atomic E-state index is 0.0486. The molecule has 0 unspecified atom stereocenters. The number of aromatic nitrogens is 1. The van der Waals surface area contributed by atoms with Crippen molar-refractivity contribution in [3.63, 3.8) is 0 Å². The number of rotatable bonds is 8. The SMILES string of the molecule is c1ccc(-c2ccccc2-c2ccccc2-c2ccccc2N(c2ccc(-c3ccc4c(c3)c3ccccc3n4-c3ccccc3)cc2)c2ccc3c(c2)C2(CCCC2)c2ccccc2-3)cc1. The van der Waals surface area contributed by atoms with Gasteiger partial charge in [-0.2, -0.15) is 0 Å². The maximum Gasteiger partial charge on any atom is 0.0541 e. The Balaban J connectivity index is 0.975. The van der Waals surface area contributed by atoms with E-state index in [0.29, 0.717) is 0 Å². The zero-order chi connectivity index (χ0) is 44.3. The fourth-order valence-corrected chi connectivity index (χ4v) is 11.8. The highest BCUT2D eigenvalue weighted by molar-refractivity contribution is 6.10. The van der Waals surface area contributed by atoms with Gasteiger partial charge in [0.05, 0.1) is 16.7 Å². The predicted molar refractivity (Wildman–Crippen MR) is 282 cm³/mol. The number of benzene rings is 10. The zero-order valence-electron chi connectivity index (χ0n) is 37.3. The summed E-state index contributed by atoms with van der Waals surface area (Å²) in [6.07, 6.45) is 4.89. The summed E-state index contributed by atoms with van der Waals surface area (Å²) in [4.78, 5) is 2.52. The summed E-state index contributed by atoms with van der Waals surface area (Å²) >= 11 is 0. The van der Waals surface area contributed by atoms with Crippen molar-refractivity contribution >= 4 is 38.9 Å². The summed E-state index contributed by atoms with van der Waals surface area (Å²) in [6, 6.07) is 89.8. The standard InChI is InChI=1S/C65H48N2/c1-3-19-46(20-4-1)51-23-7-8-24-52(51)53-25-9-10-26-54(53)57-28-12-15-31-62(57)66(50-38-39-56-55-27-11-14-30-60(55)65(61(56)44-50)41-17-18-42-65)49-36-33-45(34-37-49)47-35-40-64-59(43-47)58-29-13-16-32-63(58)67(64)48-21-5-2-6-22-48/h1-16,19-40,43-44H,17-18,41-42H2. The molecule has 1 spiro atoms. The molecule has 2 nitrogen and oxygen atoms in total. The molecule has 2 aliphatic rings. The van der Waals surface area contributed by atoms with Gasteiger partial charge >= 0.3 is 0 Å². The topological polar surface area (TPSA) is 8.17 Å². The van der Waals surface area contributed by atoms with Crippen molar-refractivity contribution in [3.8, 4) is 61.3 Å². The van der Waals surface area contributed by atoms with Crippen LogP contribution >= 0.6 is 0 Å². The monoisotopic (exact) mass is 856 g/mol. The van der Waals surface area contributed by atoms with Gasteiger partial charge in [-0.25, -0.2) is 0 Å². The molecule has 1 saturated carbocycles. The highest BCUT2D eigenvalue weighted by atomic mass is 15.1. The number of nitrogens with zero attached hydrogens (tertiary/aromatic N) is 2. The Morgan fingerprint density at radius 3 is 1.63 bits per heavy atom. The van der Waals surface area contributed by atoms with Gasteiger partial charge in [0.2, 0.25) is 0 Å². The van der Waals surface area contributed by atoms with E-state index in [0.717, 1.165) is 11.4 Å². The largest absolute Gasteiger partial charge is 0.310 e. The zero-order valence-corrected chi connectivity index (χ0v) is 37.3. The molecule has 0 radical (unpaired) electrons. The number of para-hydroxylation sites is 3. The maximum atomic E-state index is 2.54. The molecular formula is C65H48N2. The molecule has 0 saturated heterocycles. The van der Waals surface area contributed by atoms with Crippen LogP contribution < -0.4 is 4.90 Å². The summed E-state index contributed by atoms with van der Waals surface area (Å²) in [5.74, 6) is 0. The molecule has 0 bridgehead atoms. The molecule has 1 aromatic heterocycles. The van der Waals surface area contributed by atoms with Crippen molar-refractivity contribution in [1.29, 1.82) is 0 Å². The van der Waals surface area contributed by atoms with Crippen LogP contribution in [0.1, 0.15) is 36.8 Å². The number of hydrogen-bond acceptors (Lipinski definition) is 1. The van der Waals surface area contributed by atoms with E-state index in [1.165, 1.54) is 126 Å². The Bertz CT molecular complexity index is 3630. The fraction of sp³-hybridized carbons (Fsp3) is 0.0769. The molecular weight excluding hydrogens is 809 g/mol. The molecule has 0 aliphatic heterocycles. The second-order valence-corrected chi connectivity index (χ2v) is 18.3. The summed E-state index contributed by atoms with van der Waals surface area (Å²) in [6.45, 7) is 0. The Labute approximate surface area is 392 Å². The first kappa shape index (κ1) is 39.2. The molecule has 11 aromatic rings. The minimum absolute atomic E-state index is 0.0486. The first-order valence-electron chi connectivity index (χ1n) is 23.8. The van der Waals surface area contributed by atoms with Crippen LogP contribution in [0.2, 0.25) is 0 Å². The van der Waals surface area contributed by atoms with Crippen molar-refractivity contribution in [3.05, 3.63) is 254 Å². The number of fused-ring (bicyclic) bond motifs is 8. The van der Waals surface area contributed by atoms with E-state index >= 15 is 0 Å². The van der Waals surface area contributed by atoms with Gasteiger partial charge < -0.3 is 9.47 Å². The summed E-state index contributed by atoms with van der Waals surface area (Å²) < 4.78 is 2.39. The lowest BCUT2D eigenvalue weighted by Crippen LogP contribution is -2.21. The van der Waals surface area contributed by atoms with Crippen molar-refractivity contribution in [2.24, 2.45) is 0 Å². The average Bonchev–Trinajstić information content (AvgIpc) is 4.11. The minimum Gasteiger partial charge on any atom is -0.310 e. The summed E-state index contributed by atoms with van der Waals surface area (Å²) in [5.41, 5.74) is 22.5. The predicted octanol–water partition coefficient (Wildman–Crippen LogP) is 17.8. The van der Waals surface area contributed by atoms with Gasteiger partial charge in [0, 0.05) is 38.8 Å². The lowest BCUT2D eigenvalue weighted by molar-refractivity contribution is 0.550. The van der Waals surface area contributed by atoms with Gasteiger partial charge in [-0.15, -0.1) is 0 Å². The van der Waals surface area contributed by atoms with E-state index in [-0.39, 0.29) is 5.41 Å². The average molecular weight is 857 g/mol. The Kier molecular flexibility index (Phi) is 9.39. The smallest absolute Gasteiger partial charge is 0.0541 e. The quantitative estimate of drug-likeness (QED) is 0.148. The van der Waals surface area contributed by atoms with Gasteiger partial charge in [0.25, 0.3) is 0 Å². The Hall–Kier alpha value is -8.20. The second kappa shape index (κ2) is 16.0. The number of anilines is 3. The molecule has 0 atom stereocenters. The van der Waals surface area contributed by atoms with Crippen molar-refractivity contribution in [1.82, 2.24) is 4.57 Å². The highest BCUT2D eigenvalue weighted by Crippen LogP contribution is 2.58. The molecule has 13 rings (SSSR count). The molecule has 67 heavy (non-hydrogen) atoms. The summed E-state index contributed by atoms with van der Waals surface area (Å²) in [5, 5.41) is 2.51. The van der Waals surface area contributed by atoms with E-state index in [2.05, 4.69) is 252 Å². The van der Waals surface area contributed by atoms with Gasteiger partial charge in [0.15, 0.2) is 0 Å². The Morgan fingerprint density at radius 1 is 0.328 bits per heavy atom. The van der Waals surface area contributed by atoms with Crippen LogP contribution in [0.15, 0.2) is 243 Å². The van der Waals surface area contributed by atoms with E-state index in [1.807, 2.05) is 0 Å². The third-order valence-electron chi connectivity index (χ3n) is 14.8. The van der Waals surface area contributed by atoms with E-state index in [9.17, 15) is 0 Å². The van der Waals surface area contributed by atoms with Crippen LogP contribution in [-0.2, 0) is 5.41 Å². The molecule has 2 aliphatic carbocycles. The van der Waals surface area contributed by atoms with Crippen LogP contribution in [-0.4, -0.2) is 4.57 Å². The van der Waals surface area contributed by atoms with Crippen LogP contribution in [0, 0.1) is 0 Å². The molecule has 10 aromatic carbocycles. The third kappa shape index (κ3) is 6.39. The van der Waals surface area contributed by atoms with Crippen molar-refractivity contribution < 1.29 is 0 Å². The molecule has 0 amide bonds. The fourth-order valence-electron chi connectivity index (χ4n) is 11.8. The summed E-state index contributed by atoms with van der Waals surface area (Å²) in [7, 11) is 0. The van der Waals surface area contributed by atoms with Gasteiger partial charge in [-0.3, -0.25) is 0 Å². The van der Waals surface area contributed by atoms with E-state index < -0.39 is 0 Å². The van der Waals surface area contributed by atoms with E-state index in [4.69, 9.17) is 0 Å². The third-order valence-corrected chi connectivity index (χ3v) is 14.8. The van der Waals surface area contributed by atoms with Crippen molar-refractivity contribution in [2.45, 2.75) is 31.1 Å². The van der Waals surface area contributed by atoms with Crippen LogP contribution in [0.4, 0.5) is 17.1 Å². The van der Waals surface area contributed by atoms with Crippen LogP contribution in [0.5, 0.6) is 0 Å². The lowest BCUT2D eigenvalue weighted by atomic mass is 9.76. The highest BCUT2D eigenvalue weighted by Gasteiger charge is 2.45. The van der Waals surface area contributed by atoms with Crippen molar-refractivity contribution in [2.75, 3.05) is 4.90 Å². The van der Waals surface area contributed by atoms with E-state index in [1.54, 1.807) is 0 Å². The lowest BCUT2D eigenvalue weighted by Gasteiger charge is -2.31. The molecule has 2 heteroatoms. The Morgan fingerprint density at radius 2 is 0.866 bits per heavy atom. The molecule has 318 valence electrons. The van der Waals surface area contributed by atoms with Gasteiger partial charge in [0.1, 0.15) is 0 Å². The molecule has 0 N–H and O–H groups in total. The molecule has 1 heterocycles. The van der Waals surface area contributed by atoms with Crippen LogP contribution in [0.3, 0.4) is 0 Å². The maximum absolute atomic E-state index is 2.54. The van der Waals surface area contributed by atoms with Crippen LogP contribution in [0.25, 0.3) is 83.1 Å². The normalized spacial score (nSPS) is 13.6. The molecule has 1 fully saturated rings. The first-order chi connectivity index (χ1) is 33.2. The van der Waals surface area contributed by atoms with Gasteiger partial charge in [-0.05, 0) is 135 Å². The second-order valence-electron chi connectivity index (χ2n) is 18.3. The first-order valence-corrected chi connectivity index (χ1v) is 23.8. The number of hydrogen-bond donors (Lipinski definition) is 0. The van der Waals surface area contributed by atoms with Gasteiger partial charge in [-0.1, -0.05) is 195 Å².